The van der Waals surface area contributed by atoms with Crippen LogP contribution in [-0.2, 0) is 9.53 Å². The molecule has 1 aromatic carbocycles. The van der Waals surface area contributed by atoms with E-state index in [-0.39, 0.29) is 24.4 Å². The fraction of sp³-hybridized carbons (Fsp3) is 0.542. The summed E-state index contributed by atoms with van der Waals surface area (Å²) in [6.45, 7) is 6.07. The lowest BCUT2D eigenvalue weighted by atomic mass is 9.93. The molecular weight excluding hydrogens is 368 g/mol. The minimum absolute atomic E-state index is 0.000879. The molecule has 2 rings (SSSR count). The van der Waals surface area contributed by atoms with Gasteiger partial charge in [0.25, 0.3) is 0 Å². The normalized spacial score (nSPS) is 22.4. The van der Waals surface area contributed by atoms with E-state index in [1.54, 1.807) is 13.0 Å². The number of hydrogen-bond donors (Lipinski definition) is 2. The Hall–Kier alpha value is -1.95. The first-order chi connectivity index (χ1) is 14.1. The summed E-state index contributed by atoms with van der Waals surface area (Å²) in [5.74, 6) is 0.909. The molecule has 0 unspecified atom stereocenters. The van der Waals surface area contributed by atoms with Gasteiger partial charge >= 0.3 is 0 Å². The molecule has 1 aliphatic rings. The van der Waals surface area contributed by atoms with Crippen LogP contribution in [0.4, 0.5) is 0 Å². The Bertz CT molecular complexity index is 611. The van der Waals surface area contributed by atoms with E-state index in [0.717, 1.165) is 19.3 Å². The number of hydrogen-bond acceptors (Lipinski definition) is 5. The molecule has 162 valence electrons. The van der Waals surface area contributed by atoms with Gasteiger partial charge in [0.2, 0.25) is 0 Å². The molecule has 0 amide bonds. The second kappa shape index (κ2) is 15.0. The standard InChI is InChI=1S/C22H30O5.C2H6/c1-17(23)9-5-2-3-8-12-20-21(25)16-27-22(20)14-13-18(24)15-26-19-10-6-4-7-11-19;1-2/h2-4,6-7,10-11,13-14,18,20-22,24-25H,5,8-9,12,15-16H2,1H3;1-2H3/b3-2-,14-13?;/t18-,20+,21+,22-;/m1./s1. The van der Waals surface area contributed by atoms with Crippen molar-refractivity contribution in [2.24, 2.45) is 5.92 Å². The first-order valence-corrected chi connectivity index (χ1v) is 10.5. The average Bonchev–Trinajstić information content (AvgIpc) is 3.09. The number of ether oxygens (including phenoxy) is 2. The van der Waals surface area contributed by atoms with Crippen molar-refractivity contribution in [1.82, 2.24) is 0 Å². The Kier molecular flexibility index (Phi) is 12.9. The smallest absolute Gasteiger partial charge is 0.130 e. The highest BCUT2D eigenvalue weighted by Crippen LogP contribution is 2.27. The van der Waals surface area contributed by atoms with Crippen molar-refractivity contribution in [1.29, 1.82) is 0 Å². The lowest BCUT2D eigenvalue weighted by molar-refractivity contribution is -0.116. The molecule has 1 heterocycles. The zero-order valence-electron chi connectivity index (χ0n) is 17.9. The fourth-order valence-electron chi connectivity index (χ4n) is 3.03. The second-order valence-electron chi connectivity index (χ2n) is 6.89. The molecule has 0 saturated carbocycles. The largest absolute Gasteiger partial charge is 0.491 e. The predicted octanol–water partition coefficient (Wildman–Crippen LogP) is 4.09. The van der Waals surface area contributed by atoms with Crippen LogP contribution >= 0.6 is 0 Å². The van der Waals surface area contributed by atoms with Crippen LogP contribution in [-0.4, -0.2) is 47.5 Å². The maximum absolute atomic E-state index is 10.9. The van der Waals surface area contributed by atoms with Crippen LogP contribution in [0.2, 0.25) is 0 Å². The second-order valence-corrected chi connectivity index (χ2v) is 6.89. The van der Waals surface area contributed by atoms with E-state index in [1.165, 1.54) is 0 Å². The van der Waals surface area contributed by atoms with Gasteiger partial charge in [0.1, 0.15) is 24.2 Å². The molecule has 1 fully saturated rings. The summed E-state index contributed by atoms with van der Waals surface area (Å²) in [7, 11) is 0. The minimum Gasteiger partial charge on any atom is -0.491 e. The SMILES string of the molecule is CC.CC(=O)CC/C=C\CC[C@H]1[C@@H](O)CO[C@@H]1C=C[C@@H](O)COc1ccccc1. The zero-order chi connectivity index (χ0) is 21.5. The fourth-order valence-corrected chi connectivity index (χ4v) is 3.03. The molecule has 2 N–H and O–H groups in total. The van der Waals surface area contributed by atoms with Crippen molar-refractivity contribution >= 4 is 5.78 Å². The van der Waals surface area contributed by atoms with Crippen LogP contribution < -0.4 is 4.74 Å². The van der Waals surface area contributed by atoms with Crippen molar-refractivity contribution in [3.8, 4) is 5.75 Å². The lowest BCUT2D eigenvalue weighted by Gasteiger charge is -2.17. The van der Waals surface area contributed by atoms with Crippen LogP contribution in [0.1, 0.15) is 46.5 Å². The molecule has 1 aromatic rings. The Morgan fingerprint density at radius 2 is 1.93 bits per heavy atom. The van der Waals surface area contributed by atoms with Gasteiger partial charge in [-0.25, -0.2) is 0 Å². The van der Waals surface area contributed by atoms with E-state index in [2.05, 4.69) is 6.08 Å². The van der Waals surface area contributed by atoms with Crippen molar-refractivity contribution in [3.63, 3.8) is 0 Å². The maximum Gasteiger partial charge on any atom is 0.130 e. The number of carbonyl (C=O) groups is 1. The molecule has 0 radical (unpaired) electrons. The summed E-state index contributed by atoms with van der Waals surface area (Å²) in [5.41, 5.74) is 0. The summed E-state index contributed by atoms with van der Waals surface area (Å²) in [5, 5.41) is 20.2. The third kappa shape index (κ3) is 10.4. The summed E-state index contributed by atoms with van der Waals surface area (Å²) in [4.78, 5) is 10.9. The molecule has 0 aliphatic carbocycles. The monoisotopic (exact) mass is 404 g/mol. The Labute approximate surface area is 175 Å². The molecule has 1 aliphatic heterocycles. The van der Waals surface area contributed by atoms with Crippen molar-refractivity contribution in [2.75, 3.05) is 13.2 Å². The number of carbonyl (C=O) groups excluding carboxylic acids is 1. The van der Waals surface area contributed by atoms with Gasteiger partial charge in [-0.05, 0) is 38.3 Å². The van der Waals surface area contributed by atoms with Gasteiger partial charge in [-0.1, -0.05) is 56.4 Å². The quantitative estimate of drug-likeness (QED) is 0.543. The average molecular weight is 405 g/mol. The highest BCUT2D eigenvalue weighted by Gasteiger charge is 2.33. The number of Topliss-reactive ketones (excluding diaryl/α,β-unsaturated/α-hetero) is 1. The van der Waals surface area contributed by atoms with E-state index in [0.29, 0.717) is 18.8 Å². The first-order valence-electron chi connectivity index (χ1n) is 10.5. The number of benzene rings is 1. The molecule has 1 saturated heterocycles. The van der Waals surface area contributed by atoms with Gasteiger partial charge in [0.15, 0.2) is 0 Å². The minimum atomic E-state index is -0.737. The molecule has 4 atom stereocenters. The van der Waals surface area contributed by atoms with Gasteiger partial charge in [-0.3, -0.25) is 0 Å². The molecule has 5 heteroatoms. The number of allylic oxidation sites excluding steroid dienone is 2. The third-order valence-electron chi connectivity index (χ3n) is 4.56. The van der Waals surface area contributed by atoms with E-state index < -0.39 is 12.2 Å². The Morgan fingerprint density at radius 1 is 1.24 bits per heavy atom. The number of aliphatic hydroxyl groups is 2. The van der Waals surface area contributed by atoms with Crippen LogP contribution in [0.5, 0.6) is 5.75 Å². The van der Waals surface area contributed by atoms with Gasteiger partial charge in [0, 0.05) is 12.3 Å². The zero-order valence-corrected chi connectivity index (χ0v) is 17.9. The van der Waals surface area contributed by atoms with Crippen LogP contribution in [0.15, 0.2) is 54.6 Å². The third-order valence-corrected chi connectivity index (χ3v) is 4.56. The molecule has 0 aromatic heterocycles. The molecule has 29 heavy (non-hydrogen) atoms. The van der Waals surface area contributed by atoms with E-state index >= 15 is 0 Å². The molecular formula is C24H36O5. The van der Waals surface area contributed by atoms with Crippen LogP contribution in [0.3, 0.4) is 0 Å². The Morgan fingerprint density at radius 3 is 2.62 bits per heavy atom. The van der Waals surface area contributed by atoms with Gasteiger partial charge in [0.05, 0.1) is 18.8 Å². The summed E-state index contributed by atoms with van der Waals surface area (Å²) in [6.07, 6.45) is 9.06. The first kappa shape index (κ1) is 25.1. The van der Waals surface area contributed by atoms with Crippen LogP contribution in [0.25, 0.3) is 0 Å². The summed E-state index contributed by atoms with van der Waals surface area (Å²) >= 11 is 0. The Balaban J connectivity index is 0.00000204. The highest BCUT2D eigenvalue weighted by molar-refractivity contribution is 5.75. The van der Waals surface area contributed by atoms with E-state index in [1.807, 2.05) is 56.3 Å². The summed E-state index contributed by atoms with van der Waals surface area (Å²) < 4.78 is 11.2. The number of aliphatic hydroxyl groups excluding tert-OH is 2. The van der Waals surface area contributed by atoms with Crippen LogP contribution in [0, 0.1) is 5.92 Å². The highest BCUT2D eigenvalue weighted by atomic mass is 16.5. The predicted molar refractivity (Wildman–Crippen MR) is 116 cm³/mol. The topological polar surface area (TPSA) is 76.0 Å². The van der Waals surface area contributed by atoms with Crippen molar-refractivity contribution in [2.45, 2.75) is 64.8 Å². The molecule has 0 spiro atoms. The van der Waals surface area contributed by atoms with E-state index in [4.69, 9.17) is 9.47 Å². The molecule has 0 bridgehead atoms. The lowest BCUT2D eigenvalue weighted by Crippen LogP contribution is -2.23. The van der Waals surface area contributed by atoms with E-state index in [9.17, 15) is 15.0 Å². The van der Waals surface area contributed by atoms with Gasteiger partial charge in [-0.2, -0.15) is 0 Å². The number of para-hydroxylation sites is 1. The van der Waals surface area contributed by atoms with Gasteiger partial charge < -0.3 is 24.5 Å². The number of rotatable bonds is 11. The summed E-state index contributed by atoms with van der Waals surface area (Å²) in [6, 6.07) is 9.35. The number of ketones is 1. The van der Waals surface area contributed by atoms with Crippen molar-refractivity contribution in [3.05, 3.63) is 54.6 Å². The van der Waals surface area contributed by atoms with Crippen molar-refractivity contribution < 1.29 is 24.5 Å². The maximum atomic E-state index is 10.9. The van der Waals surface area contributed by atoms with Gasteiger partial charge in [-0.15, -0.1) is 0 Å². The molecule has 5 nitrogen and oxygen atoms in total.